The van der Waals surface area contributed by atoms with Gasteiger partial charge in [-0.1, -0.05) is 70.5 Å². The zero-order chi connectivity index (χ0) is 35.5. The van der Waals surface area contributed by atoms with Crippen LogP contribution in [-0.2, 0) is 23.9 Å². The molecule has 0 bridgehead atoms. The monoisotopic (exact) mass is 703 g/mol. The number of aliphatic carboxylic acids is 1. The number of ether oxygens (including phenoxy) is 1. The molecule has 1 aliphatic heterocycles. The van der Waals surface area contributed by atoms with E-state index in [4.69, 9.17) is 4.74 Å². The molecule has 3 N–H and O–H groups in total. The lowest BCUT2D eigenvalue weighted by Gasteiger charge is -2.38. The van der Waals surface area contributed by atoms with Crippen LogP contribution < -0.4 is 10.6 Å². The highest BCUT2D eigenvalue weighted by Crippen LogP contribution is 2.31. The number of piperidine rings is 1. The first-order chi connectivity index (χ1) is 22.7. The second-order valence-electron chi connectivity index (χ2n) is 12.7. The summed E-state index contributed by atoms with van der Waals surface area (Å²) in [6.45, 7) is 9.97. The van der Waals surface area contributed by atoms with Crippen molar-refractivity contribution in [2.75, 3.05) is 20.6 Å². The predicted molar refractivity (Wildman–Crippen MR) is 185 cm³/mol. The molecular weight excluding hydrogens is 655 g/mol. The van der Waals surface area contributed by atoms with Gasteiger partial charge in [0.25, 0.3) is 5.91 Å². The van der Waals surface area contributed by atoms with Gasteiger partial charge < -0.3 is 25.4 Å². The van der Waals surface area contributed by atoms with Crippen LogP contribution in [0.5, 0.6) is 0 Å². The normalized spacial score (nSPS) is 18.2. The zero-order valence-corrected chi connectivity index (χ0v) is 30.4. The smallest absolute Gasteiger partial charge is 0.337 e. The number of nitrogens with zero attached hydrogens (tertiary/aromatic N) is 3. The molecule has 1 fully saturated rings. The molecule has 0 aliphatic carbocycles. The van der Waals surface area contributed by atoms with Gasteiger partial charge in [0, 0.05) is 36.7 Å². The summed E-state index contributed by atoms with van der Waals surface area (Å²) in [5.74, 6) is -3.01. The third-order valence-corrected chi connectivity index (χ3v) is 10.8. The average molecular weight is 704 g/mol. The summed E-state index contributed by atoms with van der Waals surface area (Å²) >= 11 is 2.10. The number of rotatable bonds is 16. The van der Waals surface area contributed by atoms with Crippen LogP contribution in [0.15, 0.2) is 40.6 Å². The summed E-state index contributed by atoms with van der Waals surface area (Å²) in [6, 6.07) is 7.43. The van der Waals surface area contributed by atoms with Crippen LogP contribution in [0.1, 0.15) is 88.3 Å². The number of hydrogen-bond acceptors (Lipinski definition) is 10. The van der Waals surface area contributed by atoms with Crippen molar-refractivity contribution >= 4 is 52.8 Å². The van der Waals surface area contributed by atoms with Crippen LogP contribution in [-0.4, -0.2) is 93.7 Å². The lowest BCUT2D eigenvalue weighted by atomic mass is 9.92. The molecule has 1 aliphatic rings. The first-order valence-corrected chi connectivity index (χ1v) is 18.1. The molecule has 0 unspecified atom stereocenters. The van der Waals surface area contributed by atoms with Gasteiger partial charge in [-0.3, -0.25) is 24.1 Å². The number of carboxylic acids is 1. The van der Waals surface area contributed by atoms with Crippen molar-refractivity contribution in [3.05, 3.63) is 46.4 Å². The van der Waals surface area contributed by atoms with E-state index in [9.17, 15) is 29.1 Å². The summed E-state index contributed by atoms with van der Waals surface area (Å²) in [5.41, 5.74) is -0.00943. The Bertz CT molecular complexity index is 1410. The zero-order valence-electron chi connectivity index (χ0n) is 28.8. The minimum absolute atomic E-state index is 0.00943. The number of amides is 3. The van der Waals surface area contributed by atoms with Crippen LogP contribution >= 0.6 is 23.1 Å². The van der Waals surface area contributed by atoms with E-state index in [1.54, 1.807) is 36.2 Å². The minimum Gasteiger partial charge on any atom is -0.479 e. The number of carbonyl (C=O) groups is 5. The number of nitrogens with one attached hydrogen (secondary N) is 2. The maximum absolute atomic E-state index is 14.1. The van der Waals surface area contributed by atoms with Crippen molar-refractivity contribution in [2.45, 2.75) is 101 Å². The van der Waals surface area contributed by atoms with Crippen LogP contribution in [0, 0.1) is 11.8 Å². The number of carbonyl (C=O) groups excluding carboxylic acids is 4. The highest BCUT2D eigenvalue weighted by molar-refractivity contribution is 8.00. The van der Waals surface area contributed by atoms with Crippen LogP contribution in [0.3, 0.4) is 0 Å². The molecule has 1 aromatic heterocycles. The molecule has 1 aromatic carbocycles. The highest BCUT2D eigenvalue weighted by atomic mass is 32.2. The molecule has 48 heavy (non-hydrogen) atoms. The Hall–Kier alpha value is -3.49. The molecule has 3 rings (SSSR count). The third-order valence-electron chi connectivity index (χ3n) is 8.74. The summed E-state index contributed by atoms with van der Waals surface area (Å²) in [7, 11) is 3.63. The average Bonchev–Trinajstić information content (AvgIpc) is 3.55. The lowest BCUT2D eigenvalue weighted by Crippen LogP contribution is -2.58. The van der Waals surface area contributed by atoms with E-state index in [-0.39, 0.29) is 41.8 Å². The number of likely N-dealkylation sites (tertiary alicyclic amines) is 1. The molecule has 1 saturated heterocycles. The van der Waals surface area contributed by atoms with E-state index in [1.165, 1.54) is 12.3 Å². The molecule has 3 amide bonds. The highest BCUT2D eigenvalue weighted by Gasteiger charge is 2.37. The van der Waals surface area contributed by atoms with Gasteiger partial charge in [0.2, 0.25) is 11.8 Å². The van der Waals surface area contributed by atoms with Gasteiger partial charge in [-0.05, 0) is 50.4 Å². The van der Waals surface area contributed by atoms with Crippen molar-refractivity contribution in [3.63, 3.8) is 0 Å². The van der Waals surface area contributed by atoms with Gasteiger partial charge in [0.1, 0.15) is 16.7 Å². The number of hydrogen-bond donors (Lipinski definition) is 3. The Kier molecular flexibility index (Phi) is 14.9. The predicted octanol–water partition coefficient (Wildman–Crippen LogP) is 4.57. The maximum Gasteiger partial charge on any atom is 0.337 e. The molecule has 0 radical (unpaired) electrons. The second-order valence-corrected chi connectivity index (χ2v) is 14.7. The number of esters is 1. The molecule has 0 saturated carbocycles. The Morgan fingerprint density at radius 2 is 1.81 bits per heavy atom. The first-order valence-electron chi connectivity index (χ1n) is 16.4. The largest absolute Gasteiger partial charge is 0.479 e. The lowest BCUT2D eigenvalue weighted by molar-refractivity contribution is -0.149. The molecule has 2 aromatic rings. The Morgan fingerprint density at radius 3 is 2.40 bits per heavy atom. The fraction of sp³-hybridized carbons (Fsp3) is 0.588. The second kappa shape index (κ2) is 18.3. The van der Waals surface area contributed by atoms with E-state index in [0.29, 0.717) is 16.3 Å². The minimum atomic E-state index is -1.25. The van der Waals surface area contributed by atoms with Crippen molar-refractivity contribution in [1.82, 2.24) is 25.4 Å². The van der Waals surface area contributed by atoms with Gasteiger partial charge in [0.05, 0.1) is 6.04 Å². The number of carboxylic acid groups (broad SMARTS) is 1. The molecule has 0 spiro atoms. The fourth-order valence-electron chi connectivity index (χ4n) is 5.73. The summed E-state index contributed by atoms with van der Waals surface area (Å²) in [4.78, 5) is 73.4. The van der Waals surface area contributed by atoms with Crippen LogP contribution in [0.2, 0.25) is 0 Å². The van der Waals surface area contributed by atoms with Crippen molar-refractivity contribution in [2.24, 2.45) is 11.8 Å². The summed E-state index contributed by atoms with van der Waals surface area (Å²) < 4.78 is 5.69. The fourth-order valence-corrected chi connectivity index (χ4v) is 7.42. The van der Waals surface area contributed by atoms with E-state index < -0.39 is 41.4 Å². The van der Waals surface area contributed by atoms with Gasteiger partial charge in [-0.25, -0.2) is 9.78 Å². The topological polar surface area (TPSA) is 158 Å². The number of thioether (sulfide) groups is 1. The van der Waals surface area contributed by atoms with E-state index in [1.807, 2.05) is 45.7 Å². The van der Waals surface area contributed by atoms with Crippen molar-refractivity contribution in [1.29, 1.82) is 0 Å². The van der Waals surface area contributed by atoms with Gasteiger partial charge in [-0.2, -0.15) is 0 Å². The van der Waals surface area contributed by atoms with Crippen molar-refractivity contribution in [3.8, 4) is 0 Å². The van der Waals surface area contributed by atoms with Gasteiger partial charge >= 0.3 is 11.9 Å². The van der Waals surface area contributed by atoms with Crippen molar-refractivity contribution < 1.29 is 33.8 Å². The maximum atomic E-state index is 14.1. The van der Waals surface area contributed by atoms with E-state index in [2.05, 4.69) is 15.6 Å². The molecule has 6 atom stereocenters. The van der Waals surface area contributed by atoms with Crippen LogP contribution in [0.4, 0.5) is 0 Å². The molecule has 12 nitrogen and oxygen atoms in total. The Balaban J connectivity index is 1.79. The first kappa shape index (κ1) is 39.0. The molecule has 264 valence electrons. The molecule has 14 heteroatoms. The molecular formula is C34H49N5O7S2. The number of thiazole rings is 1. The third kappa shape index (κ3) is 10.8. The number of benzene rings is 1. The number of likely N-dealkylation sites (N-methyl/N-ethyl adjacent to an activating group) is 2. The van der Waals surface area contributed by atoms with Gasteiger partial charge in [0.15, 0.2) is 11.5 Å². The molecule has 2 heterocycles. The van der Waals surface area contributed by atoms with E-state index >= 15 is 0 Å². The standard InChI is InChI=1S/C34H49N5O7S2/c1-8-21(4)28(36-30(42)25-16-12-13-17-38(25)6)33(43)39(7)26(20(2)3)18-27(46-22(5)40)31-35-24(19-47-31)29(41)37-32(34(44)45)48-23-14-10-9-11-15-23/h9-11,14-15,19-21,25-28,32H,8,12-13,16-18H2,1-7H3,(H,36,42)(H,37,41)(H,44,45)/t21-,25+,26+,27+,28-,32-/m0/s1. The Morgan fingerprint density at radius 1 is 1.12 bits per heavy atom. The quantitative estimate of drug-likeness (QED) is 0.129. The van der Waals surface area contributed by atoms with Crippen LogP contribution in [0.25, 0.3) is 0 Å². The van der Waals surface area contributed by atoms with Gasteiger partial charge in [-0.15, -0.1) is 11.3 Å². The van der Waals surface area contributed by atoms with E-state index in [0.717, 1.165) is 48.9 Å². The summed E-state index contributed by atoms with van der Waals surface area (Å²) in [5, 5.41) is 15.9. The number of aromatic nitrogens is 1. The summed E-state index contributed by atoms with van der Waals surface area (Å²) in [6.07, 6.45) is 2.75. The Labute approximate surface area is 291 Å². The SMILES string of the molecule is CC[C@H](C)[C@H](NC(=O)[C@H]1CCCCN1C)C(=O)N(C)[C@H](C[C@@H](OC(C)=O)c1nc(C(=O)N[C@@H](Sc2ccccc2)C(=O)O)cs1)C(C)C.